The van der Waals surface area contributed by atoms with Crippen LogP contribution in [0.1, 0.15) is 44.7 Å². The third-order valence-corrected chi connectivity index (χ3v) is 7.07. The van der Waals surface area contributed by atoms with E-state index >= 15 is 0 Å². The molecule has 1 aliphatic rings. The predicted molar refractivity (Wildman–Crippen MR) is 167 cm³/mol. The highest BCUT2D eigenvalue weighted by molar-refractivity contribution is 6.24. The van der Waals surface area contributed by atoms with Crippen molar-refractivity contribution in [3.8, 4) is 0 Å². The molecule has 3 aromatic carbocycles. The number of hydrogen-bond acceptors (Lipinski definition) is 7. The highest BCUT2D eigenvalue weighted by Gasteiger charge is 2.36. The summed E-state index contributed by atoms with van der Waals surface area (Å²) in [5.74, 6) is -1.50. The van der Waals surface area contributed by atoms with Crippen LogP contribution in [0.2, 0.25) is 0 Å². The Balaban J connectivity index is 1.50. The maximum atomic E-state index is 13.4. The second kappa shape index (κ2) is 13.2. The van der Waals surface area contributed by atoms with E-state index in [0.717, 1.165) is 16.8 Å². The van der Waals surface area contributed by atoms with Crippen molar-refractivity contribution in [2.45, 2.75) is 12.8 Å². The largest absolute Gasteiger partial charge is 0.462 e. The fourth-order valence-electron chi connectivity index (χ4n) is 4.92. The molecule has 0 saturated heterocycles. The molecule has 0 spiro atoms. The van der Waals surface area contributed by atoms with Crippen molar-refractivity contribution < 1.29 is 19.1 Å². The van der Waals surface area contributed by atoms with Gasteiger partial charge in [0.2, 0.25) is 5.91 Å². The van der Waals surface area contributed by atoms with Crippen molar-refractivity contribution in [2.24, 2.45) is 4.99 Å². The van der Waals surface area contributed by atoms with E-state index in [1.165, 1.54) is 0 Å². The number of nitrogens with one attached hydrogen (secondary N) is 1. The number of pyridine rings is 1. The third-order valence-electron chi connectivity index (χ3n) is 7.07. The van der Waals surface area contributed by atoms with E-state index in [1.807, 2.05) is 73.6 Å². The lowest BCUT2D eigenvalue weighted by Gasteiger charge is -2.24. The zero-order chi connectivity index (χ0) is 30.3. The van der Waals surface area contributed by atoms with Gasteiger partial charge in [-0.3, -0.25) is 19.6 Å². The molecule has 0 fully saturated rings. The van der Waals surface area contributed by atoms with Crippen molar-refractivity contribution in [1.29, 1.82) is 0 Å². The van der Waals surface area contributed by atoms with Crippen LogP contribution in [0.3, 0.4) is 0 Å². The number of esters is 1. The number of fused-ring (bicyclic) bond motifs is 1. The smallest absolute Gasteiger partial charge is 0.338 e. The van der Waals surface area contributed by atoms with Crippen LogP contribution in [0.25, 0.3) is 0 Å². The van der Waals surface area contributed by atoms with Crippen LogP contribution in [-0.2, 0) is 9.53 Å². The quantitative estimate of drug-likeness (QED) is 0.203. The Morgan fingerprint density at radius 1 is 0.907 bits per heavy atom. The highest BCUT2D eigenvalue weighted by Crippen LogP contribution is 2.37. The van der Waals surface area contributed by atoms with Crippen LogP contribution in [0.5, 0.6) is 0 Å². The molecule has 1 atom stereocenters. The summed E-state index contributed by atoms with van der Waals surface area (Å²) in [6, 6.07) is 25.5. The SMILES string of the molecule is CCOC(=O)c1ccc2c(c1)NC(=O)C2C(=Nc1ccc(N(CCN(C)C)C(=O)c2cccnc2)cc1)c1ccccc1. The fourth-order valence-corrected chi connectivity index (χ4v) is 4.92. The van der Waals surface area contributed by atoms with Gasteiger partial charge in [0.1, 0.15) is 5.92 Å². The molecule has 218 valence electrons. The zero-order valence-electron chi connectivity index (χ0n) is 24.4. The number of hydrogen-bond donors (Lipinski definition) is 1. The second-order valence-corrected chi connectivity index (χ2v) is 10.3. The number of anilines is 2. The molecule has 0 bridgehead atoms. The van der Waals surface area contributed by atoms with Crippen molar-refractivity contribution >= 4 is 40.6 Å². The van der Waals surface area contributed by atoms with Crippen LogP contribution in [-0.4, -0.2) is 67.2 Å². The number of carbonyl (C=O) groups is 3. The lowest BCUT2D eigenvalue weighted by Crippen LogP contribution is -2.36. The monoisotopic (exact) mass is 575 g/mol. The Bertz CT molecular complexity index is 1640. The first-order valence-electron chi connectivity index (χ1n) is 14.1. The van der Waals surface area contributed by atoms with E-state index < -0.39 is 11.9 Å². The van der Waals surface area contributed by atoms with Gasteiger partial charge in [-0.15, -0.1) is 0 Å². The number of amides is 2. The average Bonchev–Trinajstić information content (AvgIpc) is 3.36. The Kier molecular flexibility index (Phi) is 9.02. The normalized spacial score (nSPS) is 14.3. The number of carbonyl (C=O) groups excluding carboxylic acids is 3. The molecule has 9 nitrogen and oxygen atoms in total. The predicted octanol–water partition coefficient (Wildman–Crippen LogP) is 5.32. The molecule has 0 aliphatic carbocycles. The van der Waals surface area contributed by atoms with E-state index in [9.17, 15) is 14.4 Å². The number of aliphatic imine (C=N–C) groups is 1. The van der Waals surface area contributed by atoms with Gasteiger partial charge in [0, 0.05) is 36.9 Å². The van der Waals surface area contributed by atoms with Crippen LogP contribution in [0, 0.1) is 0 Å². The molecule has 5 rings (SSSR count). The Labute approximate surface area is 250 Å². The van der Waals surface area contributed by atoms with E-state index in [1.54, 1.807) is 54.5 Å². The van der Waals surface area contributed by atoms with Crippen LogP contribution in [0.4, 0.5) is 17.1 Å². The molecule has 2 amide bonds. The van der Waals surface area contributed by atoms with E-state index in [0.29, 0.717) is 41.3 Å². The average molecular weight is 576 g/mol. The lowest BCUT2D eigenvalue weighted by atomic mass is 9.90. The standard InChI is InChI=1S/C34H33N5O4/c1-4-43-34(42)24-12-17-28-29(21-24)37-32(40)30(28)31(23-9-6-5-7-10-23)36-26-13-15-27(16-14-26)39(20-19-38(2)3)33(41)25-11-8-18-35-22-25/h5-18,21-22,30H,4,19-20H2,1-3H3,(H,37,40). The lowest BCUT2D eigenvalue weighted by molar-refractivity contribution is -0.115. The van der Waals surface area contributed by atoms with Gasteiger partial charge in [-0.05, 0) is 80.7 Å². The van der Waals surface area contributed by atoms with Crippen molar-refractivity contribution in [2.75, 3.05) is 44.0 Å². The first kappa shape index (κ1) is 29.3. The maximum Gasteiger partial charge on any atom is 0.338 e. The van der Waals surface area contributed by atoms with Gasteiger partial charge < -0.3 is 19.9 Å². The van der Waals surface area contributed by atoms with Gasteiger partial charge in [0.15, 0.2) is 0 Å². The number of rotatable bonds is 10. The topological polar surface area (TPSA) is 104 Å². The minimum absolute atomic E-state index is 0.141. The van der Waals surface area contributed by atoms with Crippen molar-refractivity contribution in [1.82, 2.24) is 9.88 Å². The fraction of sp³-hybridized carbons (Fsp3) is 0.206. The first-order chi connectivity index (χ1) is 20.9. The van der Waals surface area contributed by atoms with Gasteiger partial charge in [0.25, 0.3) is 5.91 Å². The molecule has 4 aromatic rings. The highest BCUT2D eigenvalue weighted by atomic mass is 16.5. The maximum absolute atomic E-state index is 13.4. The molecule has 1 aliphatic heterocycles. The minimum atomic E-state index is -0.683. The van der Waals surface area contributed by atoms with Gasteiger partial charge in [0.05, 0.1) is 29.1 Å². The van der Waals surface area contributed by atoms with Gasteiger partial charge in [-0.2, -0.15) is 0 Å². The molecule has 2 heterocycles. The molecule has 1 unspecified atom stereocenters. The first-order valence-corrected chi connectivity index (χ1v) is 14.1. The van der Waals surface area contributed by atoms with Crippen LogP contribution < -0.4 is 10.2 Å². The molecule has 1 N–H and O–H groups in total. The number of likely N-dealkylation sites (N-methyl/N-ethyl adjacent to an activating group) is 1. The third kappa shape index (κ3) is 6.68. The Morgan fingerprint density at radius 2 is 1.65 bits per heavy atom. The molecule has 0 saturated carbocycles. The number of benzene rings is 3. The molecule has 0 radical (unpaired) electrons. The Hall–Kier alpha value is -5.15. The zero-order valence-corrected chi connectivity index (χ0v) is 24.4. The van der Waals surface area contributed by atoms with Crippen LogP contribution >= 0.6 is 0 Å². The summed E-state index contributed by atoms with van der Waals surface area (Å²) in [5, 5.41) is 2.92. The van der Waals surface area contributed by atoms with Gasteiger partial charge >= 0.3 is 5.97 Å². The van der Waals surface area contributed by atoms with Crippen molar-refractivity contribution in [3.05, 3.63) is 120 Å². The molecular formula is C34H33N5O4. The Morgan fingerprint density at radius 3 is 2.33 bits per heavy atom. The summed E-state index contributed by atoms with van der Waals surface area (Å²) in [6.45, 7) is 3.18. The summed E-state index contributed by atoms with van der Waals surface area (Å²) in [5.41, 5.74) is 4.90. The second-order valence-electron chi connectivity index (χ2n) is 10.3. The van der Waals surface area contributed by atoms with Gasteiger partial charge in [-0.1, -0.05) is 36.4 Å². The van der Waals surface area contributed by atoms with E-state index in [2.05, 4.69) is 10.3 Å². The minimum Gasteiger partial charge on any atom is -0.462 e. The molecule has 1 aromatic heterocycles. The van der Waals surface area contributed by atoms with Crippen molar-refractivity contribution in [3.63, 3.8) is 0 Å². The number of nitrogens with zero attached hydrogens (tertiary/aromatic N) is 4. The molecule has 43 heavy (non-hydrogen) atoms. The molecular weight excluding hydrogens is 542 g/mol. The van der Waals surface area contributed by atoms with Gasteiger partial charge in [-0.25, -0.2) is 4.79 Å². The summed E-state index contributed by atoms with van der Waals surface area (Å²) >= 11 is 0. The van der Waals surface area contributed by atoms with Crippen LogP contribution in [0.15, 0.2) is 102 Å². The summed E-state index contributed by atoms with van der Waals surface area (Å²) in [4.78, 5) is 51.9. The summed E-state index contributed by atoms with van der Waals surface area (Å²) in [7, 11) is 3.93. The summed E-state index contributed by atoms with van der Waals surface area (Å²) in [6.07, 6.45) is 3.20. The van der Waals surface area contributed by atoms with E-state index in [4.69, 9.17) is 9.73 Å². The summed E-state index contributed by atoms with van der Waals surface area (Å²) < 4.78 is 5.12. The number of ether oxygens (including phenoxy) is 1. The molecule has 9 heteroatoms. The number of aromatic nitrogens is 1. The van der Waals surface area contributed by atoms with E-state index in [-0.39, 0.29) is 18.4 Å².